The Balaban J connectivity index is 1.76. The van der Waals surface area contributed by atoms with E-state index in [0.717, 1.165) is 16.6 Å². The molecular weight excluding hydrogens is 328 g/mol. The van der Waals surface area contributed by atoms with E-state index in [2.05, 4.69) is 20.3 Å². The lowest BCUT2D eigenvalue weighted by Crippen LogP contribution is -2.00. The maximum atomic E-state index is 10.1. The van der Waals surface area contributed by atoms with Crippen molar-refractivity contribution < 1.29 is 5.11 Å². The molecule has 5 rings (SSSR count). The zero-order valence-electron chi connectivity index (χ0n) is 13.9. The monoisotopic (exact) mass is 342 g/mol. The van der Waals surface area contributed by atoms with Crippen LogP contribution in [-0.4, -0.2) is 34.5 Å². The highest BCUT2D eigenvalue weighted by atomic mass is 16.3. The molecule has 26 heavy (non-hydrogen) atoms. The average Bonchev–Trinajstić information content (AvgIpc) is 3.26. The zero-order valence-corrected chi connectivity index (χ0v) is 13.9. The third kappa shape index (κ3) is 2.00. The van der Waals surface area contributed by atoms with Crippen molar-refractivity contribution in [1.29, 1.82) is 0 Å². The Morgan fingerprint density at radius 2 is 1.73 bits per heavy atom. The van der Waals surface area contributed by atoms with Gasteiger partial charge in [-0.25, -0.2) is 9.67 Å². The lowest BCUT2D eigenvalue weighted by molar-refractivity contribution is 0.477. The van der Waals surface area contributed by atoms with Gasteiger partial charge in [0.1, 0.15) is 12.1 Å². The molecule has 0 aliphatic heterocycles. The van der Waals surface area contributed by atoms with E-state index in [0.29, 0.717) is 22.7 Å². The first-order chi connectivity index (χ1) is 12.7. The number of phenols is 1. The summed E-state index contributed by atoms with van der Waals surface area (Å²) in [4.78, 5) is 4.58. The smallest absolute Gasteiger partial charge is 0.175 e. The number of para-hydroxylation sites is 2. The van der Waals surface area contributed by atoms with E-state index < -0.39 is 0 Å². The van der Waals surface area contributed by atoms with Crippen LogP contribution in [0, 0.1) is 6.92 Å². The van der Waals surface area contributed by atoms with E-state index in [1.165, 1.54) is 0 Å². The molecule has 0 saturated heterocycles. The summed E-state index contributed by atoms with van der Waals surface area (Å²) in [5, 5.41) is 24.0. The van der Waals surface area contributed by atoms with Gasteiger partial charge < -0.3 is 5.11 Å². The molecule has 2 aromatic carbocycles. The highest BCUT2D eigenvalue weighted by molar-refractivity contribution is 5.90. The summed E-state index contributed by atoms with van der Waals surface area (Å²) >= 11 is 0. The molecule has 0 aliphatic rings. The first-order valence-electron chi connectivity index (χ1n) is 8.16. The molecular formula is C19H14N6O. The Kier molecular flexibility index (Phi) is 3.02. The van der Waals surface area contributed by atoms with Gasteiger partial charge in [0.2, 0.25) is 0 Å². The summed E-state index contributed by atoms with van der Waals surface area (Å²) in [6.07, 6.45) is 3.41. The minimum atomic E-state index is 0.150. The molecule has 7 heteroatoms. The van der Waals surface area contributed by atoms with Crippen molar-refractivity contribution >= 4 is 16.7 Å². The van der Waals surface area contributed by atoms with Gasteiger partial charge in [-0.1, -0.05) is 30.3 Å². The summed E-state index contributed by atoms with van der Waals surface area (Å²) in [6, 6.07) is 15.0. The topological polar surface area (TPSA) is 81.1 Å². The predicted molar refractivity (Wildman–Crippen MR) is 97.2 cm³/mol. The fourth-order valence-corrected chi connectivity index (χ4v) is 3.14. The number of fused-ring (bicyclic) bond motifs is 3. The van der Waals surface area contributed by atoms with Crippen molar-refractivity contribution in [2.75, 3.05) is 0 Å². The summed E-state index contributed by atoms with van der Waals surface area (Å²) in [7, 11) is 0. The summed E-state index contributed by atoms with van der Waals surface area (Å²) in [5.41, 5.74) is 4.04. The predicted octanol–water partition coefficient (Wildman–Crippen LogP) is 3.14. The highest BCUT2D eigenvalue weighted by Gasteiger charge is 2.17. The van der Waals surface area contributed by atoms with E-state index in [1.54, 1.807) is 39.8 Å². The van der Waals surface area contributed by atoms with Crippen LogP contribution in [0.1, 0.15) is 5.56 Å². The zero-order chi connectivity index (χ0) is 17.7. The van der Waals surface area contributed by atoms with Crippen LogP contribution in [0.2, 0.25) is 0 Å². The lowest BCUT2D eigenvalue weighted by Gasteiger charge is -2.06. The molecule has 0 unspecified atom stereocenters. The second-order valence-corrected chi connectivity index (χ2v) is 6.06. The number of rotatable bonds is 2. The van der Waals surface area contributed by atoms with E-state index in [9.17, 15) is 5.11 Å². The Labute approximate surface area is 148 Å². The number of aryl methyl sites for hydroxylation is 1. The number of hydrogen-bond donors (Lipinski definition) is 1. The number of hydrogen-bond acceptors (Lipinski definition) is 5. The van der Waals surface area contributed by atoms with E-state index in [4.69, 9.17) is 0 Å². The summed E-state index contributed by atoms with van der Waals surface area (Å²) < 4.78 is 3.57. The van der Waals surface area contributed by atoms with Crippen molar-refractivity contribution in [3.05, 3.63) is 66.6 Å². The van der Waals surface area contributed by atoms with Gasteiger partial charge in [-0.15, -0.1) is 10.2 Å². The molecule has 3 heterocycles. The van der Waals surface area contributed by atoms with Crippen molar-refractivity contribution in [2.24, 2.45) is 0 Å². The molecule has 5 aromatic rings. The van der Waals surface area contributed by atoms with Crippen LogP contribution in [0.5, 0.6) is 5.75 Å². The first-order valence-corrected chi connectivity index (χ1v) is 8.16. The lowest BCUT2D eigenvalue weighted by atomic mass is 10.2. The van der Waals surface area contributed by atoms with E-state index in [-0.39, 0.29) is 5.75 Å². The first kappa shape index (κ1) is 14.6. The van der Waals surface area contributed by atoms with Crippen LogP contribution in [0.4, 0.5) is 0 Å². The van der Waals surface area contributed by atoms with Gasteiger partial charge in [0.25, 0.3) is 0 Å². The maximum absolute atomic E-state index is 10.1. The molecule has 0 spiro atoms. The molecule has 0 atom stereocenters. The molecule has 0 saturated carbocycles. The molecule has 126 valence electrons. The maximum Gasteiger partial charge on any atom is 0.175 e. The molecule has 0 aliphatic carbocycles. The van der Waals surface area contributed by atoms with Crippen LogP contribution in [0.15, 0.2) is 61.1 Å². The second-order valence-electron chi connectivity index (χ2n) is 6.06. The quantitative estimate of drug-likeness (QED) is 0.533. The van der Waals surface area contributed by atoms with E-state index in [1.807, 2.05) is 37.3 Å². The normalized spacial score (nSPS) is 11.4. The van der Waals surface area contributed by atoms with Crippen LogP contribution in [0.25, 0.3) is 33.8 Å². The van der Waals surface area contributed by atoms with Gasteiger partial charge in [0, 0.05) is 0 Å². The number of nitrogens with zero attached hydrogens (tertiary/aromatic N) is 6. The van der Waals surface area contributed by atoms with Gasteiger partial charge in [-0.05, 0) is 30.7 Å². The largest absolute Gasteiger partial charge is 0.507 e. The van der Waals surface area contributed by atoms with E-state index >= 15 is 0 Å². The molecule has 3 aromatic heterocycles. The Hall–Kier alpha value is -3.74. The minimum Gasteiger partial charge on any atom is -0.507 e. The average molecular weight is 342 g/mol. The van der Waals surface area contributed by atoms with Gasteiger partial charge in [-0.2, -0.15) is 5.10 Å². The third-order valence-corrected chi connectivity index (χ3v) is 4.46. The van der Waals surface area contributed by atoms with Crippen LogP contribution < -0.4 is 0 Å². The van der Waals surface area contributed by atoms with Crippen LogP contribution in [-0.2, 0) is 0 Å². The Bertz CT molecular complexity index is 1170. The van der Waals surface area contributed by atoms with Gasteiger partial charge >= 0.3 is 0 Å². The molecule has 0 fully saturated rings. The number of phenolic OH excluding ortho intramolecular Hbond substituents is 1. The highest BCUT2D eigenvalue weighted by Crippen LogP contribution is 2.29. The molecule has 0 amide bonds. The van der Waals surface area contributed by atoms with Crippen molar-refractivity contribution in [3.8, 4) is 22.8 Å². The van der Waals surface area contributed by atoms with Gasteiger partial charge in [0.05, 0.1) is 22.8 Å². The van der Waals surface area contributed by atoms with Crippen LogP contribution in [0.3, 0.4) is 0 Å². The van der Waals surface area contributed by atoms with Crippen molar-refractivity contribution in [1.82, 2.24) is 29.4 Å². The molecule has 0 radical (unpaired) electrons. The SMILES string of the molecule is Cc1ccccc1-n1ncc2c1ncn1c(-c3ccccc3O)nnc21. The van der Waals surface area contributed by atoms with Crippen LogP contribution >= 0.6 is 0 Å². The van der Waals surface area contributed by atoms with Crippen molar-refractivity contribution in [3.63, 3.8) is 0 Å². The fourth-order valence-electron chi connectivity index (χ4n) is 3.14. The fraction of sp³-hybridized carbons (Fsp3) is 0.0526. The second kappa shape index (κ2) is 5.38. The standard InChI is InChI=1S/C19H14N6O/c1-12-6-2-4-8-15(12)25-17-14(10-21-25)19-23-22-18(24(19)11-20-17)13-7-3-5-9-16(13)26/h2-11,26H,1H3. The molecule has 7 nitrogen and oxygen atoms in total. The molecule has 1 N–H and O–H groups in total. The Morgan fingerprint density at radius 1 is 0.923 bits per heavy atom. The third-order valence-electron chi connectivity index (χ3n) is 4.46. The Morgan fingerprint density at radius 3 is 2.58 bits per heavy atom. The molecule has 0 bridgehead atoms. The summed E-state index contributed by atoms with van der Waals surface area (Å²) in [6.45, 7) is 2.04. The van der Waals surface area contributed by atoms with Crippen molar-refractivity contribution in [2.45, 2.75) is 6.92 Å². The number of aromatic hydroxyl groups is 1. The number of benzene rings is 2. The van der Waals surface area contributed by atoms with Gasteiger partial charge in [0.15, 0.2) is 17.1 Å². The minimum absolute atomic E-state index is 0.150. The summed E-state index contributed by atoms with van der Waals surface area (Å²) in [5.74, 6) is 0.689. The number of aromatic nitrogens is 6. The van der Waals surface area contributed by atoms with Gasteiger partial charge in [-0.3, -0.25) is 4.40 Å².